The van der Waals surface area contributed by atoms with E-state index in [4.69, 9.17) is 4.74 Å². The van der Waals surface area contributed by atoms with Crippen molar-refractivity contribution in [1.29, 1.82) is 0 Å². The number of hydrogen-bond donors (Lipinski definition) is 2. The first-order chi connectivity index (χ1) is 9.01. The lowest BCUT2D eigenvalue weighted by atomic mass is 10.2. The van der Waals surface area contributed by atoms with Crippen molar-refractivity contribution in [2.75, 3.05) is 11.9 Å². The van der Waals surface area contributed by atoms with Gasteiger partial charge in [0, 0.05) is 24.7 Å². The molecule has 2 amide bonds. The number of rotatable bonds is 6. The molecular weight excluding hydrogens is 244 g/mol. The molecule has 5 heteroatoms. The Balaban J connectivity index is 2.49. The van der Waals surface area contributed by atoms with Crippen LogP contribution in [0.5, 0.6) is 5.75 Å². The van der Waals surface area contributed by atoms with Crippen LogP contribution in [0, 0.1) is 0 Å². The van der Waals surface area contributed by atoms with Crippen LogP contribution in [0.25, 0.3) is 0 Å². The van der Waals surface area contributed by atoms with E-state index in [2.05, 4.69) is 10.6 Å². The van der Waals surface area contributed by atoms with Crippen LogP contribution < -0.4 is 15.4 Å². The van der Waals surface area contributed by atoms with E-state index in [0.29, 0.717) is 11.4 Å². The quantitative estimate of drug-likeness (QED) is 0.825. The van der Waals surface area contributed by atoms with Crippen molar-refractivity contribution in [3.8, 4) is 5.75 Å². The van der Waals surface area contributed by atoms with E-state index in [1.807, 2.05) is 13.8 Å². The van der Waals surface area contributed by atoms with Crippen LogP contribution in [0.4, 0.5) is 5.69 Å². The van der Waals surface area contributed by atoms with Crippen LogP contribution in [-0.2, 0) is 9.59 Å². The maximum atomic E-state index is 11.5. The zero-order valence-electron chi connectivity index (χ0n) is 11.5. The molecule has 0 aliphatic heterocycles. The Bertz CT molecular complexity index is 446. The third-order valence-corrected chi connectivity index (χ3v) is 2.54. The molecule has 0 heterocycles. The number of nitrogens with one attached hydrogen (secondary N) is 2. The van der Waals surface area contributed by atoms with Gasteiger partial charge in [0.15, 0.2) is 6.61 Å². The second kappa shape index (κ2) is 7.41. The smallest absolute Gasteiger partial charge is 0.258 e. The van der Waals surface area contributed by atoms with Gasteiger partial charge in [0.2, 0.25) is 5.91 Å². The summed E-state index contributed by atoms with van der Waals surface area (Å²) in [5.74, 6) is 0.247. The van der Waals surface area contributed by atoms with Crippen molar-refractivity contribution in [2.45, 2.75) is 33.2 Å². The van der Waals surface area contributed by atoms with Crippen molar-refractivity contribution in [2.24, 2.45) is 0 Å². The Morgan fingerprint density at radius 2 is 2.11 bits per heavy atom. The fraction of sp³-hybridized carbons (Fsp3) is 0.429. The average Bonchev–Trinajstić information content (AvgIpc) is 2.36. The van der Waals surface area contributed by atoms with Gasteiger partial charge in [-0.2, -0.15) is 0 Å². The van der Waals surface area contributed by atoms with E-state index in [0.717, 1.165) is 6.42 Å². The summed E-state index contributed by atoms with van der Waals surface area (Å²) >= 11 is 0. The summed E-state index contributed by atoms with van der Waals surface area (Å²) < 4.78 is 5.37. The van der Waals surface area contributed by atoms with Gasteiger partial charge < -0.3 is 15.4 Å². The molecule has 1 aromatic rings. The van der Waals surface area contributed by atoms with Gasteiger partial charge in [-0.15, -0.1) is 0 Å². The summed E-state index contributed by atoms with van der Waals surface area (Å²) in [6.07, 6.45) is 0.879. The molecule has 0 aromatic heterocycles. The first-order valence-electron chi connectivity index (χ1n) is 6.31. The highest BCUT2D eigenvalue weighted by Gasteiger charge is 2.06. The molecule has 0 spiro atoms. The van der Waals surface area contributed by atoms with E-state index in [1.165, 1.54) is 6.92 Å². The molecule has 0 bridgehead atoms. The summed E-state index contributed by atoms with van der Waals surface area (Å²) in [6, 6.07) is 7.07. The monoisotopic (exact) mass is 264 g/mol. The minimum atomic E-state index is -0.153. The molecule has 0 radical (unpaired) electrons. The first-order valence-corrected chi connectivity index (χ1v) is 6.31. The Kier molecular flexibility index (Phi) is 5.85. The van der Waals surface area contributed by atoms with E-state index in [1.54, 1.807) is 24.3 Å². The third-order valence-electron chi connectivity index (χ3n) is 2.54. The van der Waals surface area contributed by atoms with Crippen molar-refractivity contribution in [1.82, 2.24) is 5.32 Å². The van der Waals surface area contributed by atoms with Crippen LogP contribution >= 0.6 is 0 Å². The van der Waals surface area contributed by atoms with Crippen LogP contribution in [-0.4, -0.2) is 24.5 Å². The zero-order valence-corrected chi connectivity index (χ0v) is 11.5. The summed E-state index contributed by atoms with van der Waals surface area (Å²) in [5, 5.41) is 5.47. The number of benzene rings is 1. The first kappa shape index (κ1) is 15.0. The van der Waals surface area contributed by atoms with Crippen molar-refractivity contribution >= 4 is 17.5 Å². The number of anilines is 1. The molecule has 0 saturated heterocycles. The largest absolute Gasteiger partial charge is 0.484 e. The van der Waals surface area contributed by atoms with Crippen molar-refractivity contribution in [3.05, 3.63) is 24.3 Å². The van der Waals surface area contributed by atoms with Crippen LogP contribution in [0.1, 0.15) is 27.2 Å². The lowest BCUT2D eigenvalue weighted by molar-refractivity contribution is -0.123. The Hall–Kier alpha value is -2.04. The van der Waals surface area contributed by atoms with Gasteiger partial charge in [0.25, 0.3) is 5.91 Å². The van der Waals surface area contributed by atoms with Gasteiger partial charge in [-0.3, -0.25) is 9.59 Å². The number of ether oxygens (including phenoxy) is 1. The molecule has 0 unspecified atom stereocenters. The molecule has 1 rings (SSSR count). The molecule has 0 saturated carbocycles. The Morgan fingerprint density at radius 3 is 2.74 bits per heavy atom. The fourth-order valence-electron chi connectivity index (χ4n) is 1.43. The highest BCUT2D eigenvalue weighted by molar-refractivity contribution is 5.88. The molecule has 2 N–H and O–H groups in total. The van der Waals surface area contributed by atoms with E-state index >= 15 is 0 Å². The third kappa shape index (κ3) is 5.90. The van der Waals surface area contributed by atoms with Gasteiger partial charge in [0.1, 0.15) is 5.75 Å². The zero-order chi connectivity index (χ0) is 14.3. The predicted octanol–water partition coefficient (Wildman–Crippen LogP) is 1.94. The van der Waals surface area contributed by atoms with Crippen LogP contribution in [0.3, 0.4) is 0 Å². The number of amides is 2. The van der Waals surface area contributed by atoms with Gasteiger partial charge in [-0.25, -0.2) is 0 Å². The molecule has 1 atom stereocenters. The van der Waals surface area contributed by atoms with Crippen molar-refractivity contribution in [3.63, 3.8) is 0 Å². The molecule has 19 heavy (non-hydrogen) atoms. The lowest BCUT2D eigenvalue weighted by Gasteiger charge is -2.12. The fourth-order valence-corrected chi connectivity index (χ4v) is 1.43. The minimum absolute atomic E-state index is 0.0339. The summed E-state index contributed by atoms with van der Waals surface area (Å²) in [7, 11) is 0. The molecular formula is C14H20N2O3. The normalized spacial score (nSPS) is 11.5. The van der Waals surface area contributed by atoms with E-state index in [-0.39, 0.29) is 24.5 Å². The number of hydrogen-bond acceptors (Lipinski definition) is 3. The Labute approximate surface area is 113 Å². The standard InChI is InChI=1S/C14H20N2O3/c1-4-10(2)15-14(18)9-19-13-7-5-6-12(8-13)16-11(3)17/h5-8,10H,4,9H2,1-3H3,(H,15,18)(H,16,17)/t10-/m1/s1. The molecule has 104 valence electrons. The average molecular weight is 264 g/mol. The number of carbonyl (C=O) groups excluding carboxylic acids is 2. The molecule has 0 aliphatic rings. The molecule has 0 aliphatic carbocycles. The van der Waals surface area contributed by atoms with Crippen LogP contribution in [0.15, 0.2) is 24.3 Å². The van der Waals surface area contributed by atoms with E-state index in [9.17, 15) is 9.59 Å². The summed E-state index contributed by atoms with van der Waals surface area (Å²) in [5.41, 5.74) is 0.646. The topological polar surface area (TPSA) is 67.4 Å². The van der Waals surface area contributed by atoms with Gasteiger partial charge in [0.05, 0.1) is 0 Å². The summed E-state index contributed by atoms with van der Waals surface area (Å²) in [6.45, 7) is 5.35. The van der Waals surface area contributed by atoms with Crippen molar-refractivity contribution < 1.29 is 14.3 Å². The highest BCUT2D eigenvalue weighted by atomic mass is 16.5. The lowest BCUT2D eigenvalue weighted by Crippen LogP contribution is -2.35. The van der Waals surface area contributed by atoms with Gasteiger partial charge in [-0.1, -0.05) is 13.0 Å². The maximum Gasteiger partial charge on any atom is 0.258 e. The van der Waals surface area contributed by atoms with E-state index < -0.39 is 0 Å². The minimum Gasteiger partial charge on any atom is -0.484 e. The number of carbonyl (C=O) groups is 2. The second-order valence-electron chi connectivity index (χ2n) is 4.37. The van der Waals surface area contributed by atoms with Gasteiger partial charge >= 0.3 is 0 Å². The van der Waals surface area contributed by atoms with Crippen LogP contribution in [0.2, 0.25) is 0 Å². The Morgan fingerprint density at radius 1 is 1.37 bits per heavy atom. The molecule has 1 aromatic carbocycles. The molecule has 0 fully saturated rings. The molecule has 5 nitrogen and oxygen atoms in total. The summed E-state index contributed by atoms with van der Waals surface area (Å²) in [4.78, 5) is 22.5. The predicted molar refractivity (Wildman–Crippen MR) is 74.1 cm³/mol. The second-order valence-corrected chi connectivity index (χ2v) is 4.37. The highest BCUT2D eigenvalue weighted by Crippen LogP contribution is 2.17. The SMILES string of the molecule is CC[C@@H](C)NC(=O)COc1cccc(NC(C)=O)c1. The van der Waals surface area contributed by atoms with Gasteiger partial charge in [-0.05, 0) is 25.5 Å². The maximum absolute atomic E-state index is 11.5.